The van der Waals surface area contributed by atoms with Crippen LogP contribution in [0.15, 0.2) is 0 Å². The van der Waals surface area contributed by atoms with E-state index in [2.05, 4.69) is 5.32 Å². The Bertz CT molecular complexity index is 131. The molecule has 1 atom stereocenters. The van der Waals surface area contributed by atoms with Crippen LogP contribution in [0.5, 0.6) is 0 Å². The molecule has 1 rings (SSSR count). The van der Waals surface area contributed by atoms with Gasteiger partial charge in [-0.2, -0.15) is 0 Å². The Hall–Kier alpha value is -0.900. The molecule has 0 saturated carbocycles. The van der Waals surface area contributed by atoms with E-state index in [4.69, 9.17) is 10.8 Å². The highest BCUT2D eigenvalue weighted by Crippen LogP contribution is 2.07. The first-order chi connectivity index (χ1) is 5.36. The van der Waals surface area contributed by atoms with Crippen molar-refractivity contribution >= 4 is 12.7 Å². The fourth-order valence-corrected chi connectivity index (χ4v) is 1.31. The lowest BCUT2D eigenvalue weighted by Crippen LogP contribution is -2.27. The van der Waals surface area contributed by atoms with Crippen LogP contribution in [0, 0.1) is 16.7 Å². The normalized spacial score (nSPS) is 23.1. The molecule has 3 N–H and O–H groups in total. The maximum absolute atomic E-state index is 6.95. The van der Waals surface area contributed by atoms with E-state index in [1.165, 1.54) is 12.7 Å². The van der Waals surface area contributed by atoms with Gasteiger partial charge in [-0.15, -0.1) is 0 Å². The third kappa shape index (κ3) is 2.31. The molecule has 4 nitrogen and oxygen atoms in total. The zero-order valence-corrected chi connectivity index (χ0v) is 6.51. The van der Waals surface area contributed by atoms with E-state index in [9.17, 15) is 0 Å². The summed E-state index contributed by atoms with van der Waals surface area (Å²) in [7, 11) is 0. The van der Waals surface area contributed by atoms with E-state index in [0.29, 0.717) is 5.92 Å². The van der Waals surface area contributed by atoms with Crippen molar-refractivity contribution in [2.45, 2.75) is 6.42 Å². The van der Waals surface area contributed by atoms with Crippen molar-refractivity contribution in [3.63, 3.8) is 0 Å². The number of nitrogens with one attached hydrogen (secondary N) is 3. The zero-order valence-electron chi connectivity index (χ0n) is 6.51. The van der Waals surface area contributed by atoms with Crippen LogP contribution in [-0.4, -0.2) is 37.2 Å². The van der Waals surface area contributed by atoms with Gasteiger partial charge in [0.2, 0.25) is 0 Å². The molecule has 4 heteroatoms. The van der Waals surface area contributed by atoms with Crippen molar-refractivity contribution in [3.05, 3.63) is 0 Å². The maximum atomic E-state index is 6.95. The molecule has 0 aromatic carbocycles. The van der Waals surface area contributed by atoms with Crippen LogP contribution in [0.2, 0.25) is 0 Å². The first kappa shape index (κ1) is 8.20. The smallest absolute Gasteiger partial charge is 0.0868 e. The van der Waals surface area contributed by atoms with Gasteiger partial charge in [-0.25, -0.2) is 0 Å². The number of nitrogens with zero attached hydrogens (tertiary/aromatic N) is 1. The Balaban J connectivity index is 2.26. The van der Waals surface area contributed by atoms with E-state index >= 15 is 0 Å². The Kier molecular flexibility index (Phi) is 3.04. The minimum atomic E-state index is 0.609. The standard InChI is InChI=1S/C7H14N4/c8-5-11(6-9)4-7-1-2-10-3-7/h5-10H,1-4H2. The average molecular weight is 154 g/mol. The van der Waals surface area contributed by atoms with Gasteiger partial charge < -0.3 is 10.2 Å². The summed E-state index contributed by atoms with van der Waals surface area (Å²) in [5, 5.41) is 17.2. The molecule has 0 aromatic heterocycles. The molecular weight excluding hydrogens is 140 g/mol. The van der Waals surface area contributed by atoms with Crippen molar-refractivity contribution in [2.24, 2.45) is 5.92 Å². The van der Waals surface area contributed by atoms with E-state index in [1.54, 1.807) is 4.90 Å². The molecule has 1 saturated heterocycles. The summed E-state index contributed by atoms with van der Waals surface area (Å²) in [5.41, 5.74) is 0. The summed E-state index contributed by atoms with van der Waals surface area (Å²) in [6.07, 6.45) is 3.56. The molecule has 11 heavy (non-hydrogen) atoms. The van der Waals surface area contributed by atoms with Gasteiger partial charge in [0.15, 0.2) is 0 Å². The second-order valence-electron chi connectivity index (χ2n) is 2.81. The molecule has 1 unspecified atom stereocenters. The largest absolute Gasteiger partial charge is 0.324 e. The van der Waals surface area contributed by atoms with Crippen molar-refractivity contribution in [3.8, 4) is 0 Å². The second kappa shape index (κ2) is 4.08. The third-order valence-corrected chi connectivity index (χ3v) is 1.96. The minimum absolute atomic E-state index is 0.609. The van der Waals surface area contributed by atoms with Crippen molar-refractivity contribution in [2.75, 3.05) is 19.6 Å². The predicted octanol–water partition coefficient (Wildman–Crippen LogP) is 0.112. The fourth-order valence-electron chi connectivity index (χ4n) is 1.31. The van der Waals surface area contributed by atoms with Crippen LogP contribution in [0.25, 0.3) is 0 Å². The third-order valence-electron chi connectivity index (χ3n) is 1.96. The second-order valence-corrected chi connectivity index (χ2v) is 2.81. The summed E-state index contributed by atoms with van der Waals surface area (Å²) in [6, 6.07) is 0. The first-order valence-electron chi connectivity index (χ1n) is 3.84. The molecule has 0 aromatic rings. The Morgan fingerprint density at radius 1 is 1.45 bits per heavy atom. The lowest BCUT2D eigenvalue weighted by molar-refractivity contribution is 0.470. The molecule has 0 spiro atoms. The van der Waals surface area contributed by atoms with Gasteiger partial charge in [0.1, 0.15) is 0 Å². The van der Waals surface area contributed by atoms with Crippen LogP contribution >= 0.6 is 0 Å². The van der Waals surface area contributed by atoms with Crippen LogP contribution < -0.4 is 5.32 Å². The summed E-state index contributed by atoms with van der Waals surface area (Å²) < 4.78 is 0. The molecule has 0 aliphatic carbocycles. The molecule has 0 bridgehead atoms. The highest BCUT2D eigenvalue weighted by atomic mass is 15.1. The number of hydrogen-bond acceptors (Lipinski definition) is 3. The Morgan fingerprint density at radius 2 is 2.18 bits per heavy atom. The van der Waals surface area contributed by atoms with E-state index in [1.807, 2.05) is 0 Å². The molecule has 1 aliphatic rings. The molecule has 0 amide bonds. The molecule has 1 aliphatic heterocycles. The van der Waals surface area contributed by atoms with Crippen LogP contribution in [0.3, 0.4) is 0 Å². The quantitative estimate of drug-likeness (QED) is 0.397. The van der Waals surface area contributed by atoms with E-state index in [0.717, 1.165) is 26.1 Å². The predicted molar refractivity (Wildman–Crippen MR) is 45.3 cm³/mol. The van der Waals surface area contributed by atoms with Gasteiger partial charge in [-0.3, -0.25) is 10.8 Å². The van der Waals surface area contributed by atoms with E-state index in [-0.39, 0.29) is 0 Å². The SMILES string of the molecule is N=CN(C=N)CC1CCNC1. The van der Waals surface area contributed by atoms with Crippen LogP contribution in [-0.2, 0) is 0 Å². The molecule has 62 valence electrons. The maximum Gasteiger partial charge on any atom is 0.0868 e. The van der Waals surface area contributed by atoms with Crippen molar-refractivity contribution in [1.82, 2.24) is 10.2 Å². The average Bonchev–Trinajstić information content (AvgIpc) is 2.52. The molecular formula is C7H14N4. The summed E-state index contributed by atoms with van der Waals surface area (Å²) in [5.74, 6) is 0.609. The zero-order chi connectivity index (χ0) is 8.10. The lowest BCUT2D eigenvalue weighted by atomic mass is 10.1. The highest BCUT2D eigenvalue weighted by molar-refractivity contribution is 5.71. The molecule has 1 fully saturated rings. The summed E-state index contributed by atoms with van der Waals surface area (Å²) >= 11 is 0. The molecule has 0 radical (unpaired) electrons. The fraction of sp³-hybridized carbons (Fsp3) is 0.714. The van der Waals surface area contributed by atoms with E-state index < -0.39 is 0 Å². The lowest BCUT2D eigenvalue weighted by Gasteiger charge is -2.16. The summed E-state index contributed by atoms with van der Waals surface area (Å²) in [4.78, 5) is 1.59. The van der Waals surface area contributed by atoms with Gasteiger partial charge in [-0.05, 0) is 25.4 Å². The van der Waals surface area contributed by atoms with Gasteiger partial charge in [0.25, 0.3) is 0 Å². The van der Waals surface area contributed by atoms with Crippen molar-refractivity contribution < 1.29 is 0 Å². The number of hydrogen-bond donors (Lipinski definition) is 3. The monoisotopic (exact) mass is 154 g/mol. The molecule has 1 heterocycles. The Morgan fingerprint density at radius 3 is 2.64 bits per heavy atom. The highest BCUT2D eigenvalue weighted by Gasteiger charge is 2.15. The minimum Gasteiger partial charge on any atom is -0.324 e. The van der Waals surface area contributed by atoms with Gasteiger partial charge in [0, 0.05) is 6.54 Å². The van der Waals surface area contributed by atoms with Crippen molar-refractivity contribution in [1.29, 1.82) is 10.8 Å². The first-order valence-corrected chi connectivity index (χ1v) is 3.84. The number of rotatable bonds is 4. The van der Waals surface area contributed by atoms with Gasteiger partial charge in [0.05, 0.1) is 12.7 Å². The topological polar surface area (TPSA) is 63.0 Å². The van der Waals surface area contributed by atoms with Gasteiger partial charge >= 0.3 is 0 Å². The summed E-state index contributed by atoms with van der Waals surface area (Å²) in [6.45, 7) is 2.91. The van der Waals surface area contributed by atoms with Gasteiger partial charge in [-0.1, -0.05) is 0 Å². The Labute approximate surface area is 66.6 Å². The van der Waals surface area contributed by atoms with Crippen LogP contribution in [0.4, 0.5) is 0 Å². The van der Waals surface area contributed by atoms with Crippen LogP contribution in [0.1, 0.15) is 6.42 Å².